The Kier molecular flexibility index (Phi) is 6.64. The molecular weight excluding hydrogens is 399 g/mol. The summed E-state index contributed by atoms with van der Waals surface area (Å²) in [5.41, 5.74) is 0.0884. The first-order valence-corrected chi connectivity index (χ1v) is 10.2. The quantitative estimate of drug-likeness (QED) is 0.732. The molecule has 1 atom stereocenters. The fraction of sp³-hybridized carbons (Fsp3) is 0.435. The number of piperazine rings is 1. The van der Waals surface area contributed by atoms with Gasteiger partial charge in [0.2, 0.25) is 5.88 Å². The maximum Gasteiger partial charge on any atom is 0.410 e. The minimum Gasteiger partial charge on any atom is -0.473 e. The van der Waals surface area contributed by atoms with E-state index in [1.807, 2.05) is 45.9 Å². The SMILES string of the molecule is CC1CN(C(=O)OC(C)(C)C)CCN1c1cccc(OCc2ccc(C#N)cc2F)n1. The third-order valence-corrected chi connectivity index (χ3v) is 4.84. The number of anilines is 1. The molecule has 1 aromatic heterocycles. The molecule has 2 aromatic rings. The first kappa shape index (κ1) is 22.3. The van der Waals surface area contributed by atoms with Gasteiger partial charge in [-0.05, 0) is 45.9 Å². The molecule has 2 heterocycles. The Labute approximate surface area is 182 Å². The van der Waals surface area contributed by atoms with Crippen LogP contribution in [0.2, 0.25) is 0 Å². The summed E-state index contributed by atoms with van der Waals surface area (Å²) < 4.78 is 25.2. The predicted molar refractivity (Wildman–Crippen MR) is 114 cm³/mol. The standard InChI is InChI=1S/C23H27FN4O3/c1-16-14-27(22(29)31-23(2,3)4)10-11-28(16)20-6-5-7-21(26-20)30-15-18-9-8-17(13-25)12-19(18)24/h5-9,12,16H,10-11,14-15H2,1-4H3. The van der Waals surface area contributed by atoms with Crippen molar-refractivity contribution in [1.82, 2.24) is 9.88 Å². The second-order valence-electron chi connectivity index (χ2n) is 8.51. The van der Waals surface area contributed by atoms with E-state index in [0.717, 1.165) is 5.82 Å². The molecule has 1 saturated heterocycles. The Morgan fingerprint density at radius 2 is 2.06 bits per heavy atom. The van der Waals surface area contributed by atoms with Crippen LogP contribution in [0.5, 0.6) is 5.88 Å². The summed E-state index contributed by atoms with van der Waals surface area (Å²) in [6.45, 7) is 9.26. The zero-order valence-electron chi connectivity index (χ0n) is 18.3. The number of hydrogen-bond acceptors (Lipinski definition) is 6. The summed E-state index contributed by atoms with van der Waals surface area (Å²) in [5, 5.41) is 8.84. The van der Waals surface area contributed by atoms with Crippen molar-refractivity contribution in [1.29, 1.82) is 5.26 Å². The van der Waals surface area contributed by atoms with E-state index >= 15 is 0 Å². The van der Waals surface area contributed by atoms with Gasteiger partial charge in [-0.25, -0.2) is 9.18 Å². The van der Waals surface area contributed by atoms with Gasteiger partial charge in [0.25, 0.3) is 0 Å². The van der Waals surface area contributed by atoms with E-state index in [1.54, 1.807) is 17.0 Å². The number of halogens is 1. The first-order valence-electron chi connectivity index (χ1n) is 10.2. The molecule has 8 heteroatoms. The van der Waals surface area contributed by atoms with Crippen molar-refractivity contribution in [3.8, 4) is 11.9 Å². The molecule has 31 heavy (non-hydrogen) atoms. The zero-order valence-corrected chi connectivity index (χ0v) is 18.3. The fourth-order valence-electron chi connectivity index (χ4n) is 3.32. The first-order chi connectivity index (χ1) is 14.7. The third kappa shape index (κ3) is 5.85. The van der Waals surface area contributed by atoms with Crippen LogP contribution in [0.4, 0.5) is 15.0 Å². The summed E-state index contributed by atoms with van der Waals surface area (Å²) in [6, 6.07) is 11.7. The summed E-state index contributed by atoms with van der Waals surface area (Å²) in [4.78, 5) is 20.7. The summed E-state index contributed by atoms with van der Waals surface area (Å²) >= 11 is 0. The number of benzene rings is 1. The number of amides is 1. The fourth-order valence-corrected chi connectivity index (χ4v) is 3.32. The average Bonchev–Trinajstić information content (AvgIpc) is 2.71. The van der Waals surface area contributed by atoms with Gasteiger partial charge in [0.1, 0.15) is 23.8 Å². The van der Waals surface area contributed by atoms with E-state index in [-0.39, 0.29) is 24.3 Å². The van der Waals surface area contributed by atoms with Gasteiger partial charge in [-0.3, -0.25) is 0 Å². The minimum absolute atomic E-state index is 0.00989. The zero-order chi connectivity index (χ0) is 22.6. The maximum absolute atomic E-state index is 14.1. The molecule has 1 unspecified atom stereocenters. The van der Waals surface area contributed by atoms with Crippen LogP contribution in [0.3, 0.4) is 0 Å². The van der Waals surface area contributed by atoms with Gasteiger partial charge in [0.15, 0.2) is 0 Å². The average molecular weight is 426 g/mol. The van der Waals surface area contributed by atoms with E-state index in [0.29, 0.717) is 31.1 Å². The van der Waals surface area contributed by atoms with E-state index in [4.69, 9.17) is 14.7 Å². The highest BCUT2D eigenvalue weighted by molar-refractivity contribution is 5.68. The Balaban J connectivity index is 1.63. The second kappa shape index (κ2) is 9.21. The second-order valence-corrected chi connectivity index (χ2v) is 8.51. The highest BCUT2D eigenvalue weighted by Gasteiger charge is 2.30. The molecule has 1 fully saturated rings. The van der Waals surface area contributed by atoms with Crippen molar-refractivity contribution < 1.29 is 18.7 Å². The molecule has 0 aliphatic carbocycles. The van der Waals surface area contributed by atoms with Crippen LogP contribution in [0.25, 0.3) is 0 Å². The van der Waals surface area contributed by atoms with Crippen LogP contribution >= 0.6 is 0 Å². The topological polar surface area (TPSA) is 78.7 Å². The molecule has 7 nitrogen and oxygen atoms in total. The highest BCUT2D eigenvalue weighted by atomic mass is 19.1. The molecule has 3 rings (SSSR count). The summed E-state index contributed by atoms with van der Waals surface area (Å²) in [7, 11) is 0. The molecule has 1 amide bonds. The highest BCUT2D eigenvalue weighted by Crippen LogP contribution is 2.23. The summed E-state index contributed by atoms with van der Waals surface area (Å²) in [5.74, 6) is 0.624. The number of nitriles is 1. The van der Waals surface area contributed by atoms with E-state index in [1.165, 1.54) is 12.1 Å². The third-order valence-electron chi connectivity index (χ3n) is 4.84. The largest absolute Gasteiger partial charge is 0.473 e. The number of hydrogen-bond donors (Lipinski definition) is 0. The Morgan fingerprint density at radius 3 is 2.71 bits per heavy atom. The lowest BCUT2D eigenvalue weighted by atomic mass is 10.1. The molecule has 0 saturated carbocycles. The predicted octanol–water partition coefficient (Wildman–Crippen LogP) is 4.12. The van der Waals surface area contributed by atoms with Crippen LogP contribution < -0.4 is 9.64 Å². The van der Waals surface area contributed by atoms with Crippen LogP contribution in [0, 0.1) is 17.1 Å². The van der Waals surface area contributed by atoms with E-state index in [2.05, 4.69) is 9.88 Å². The van der Waals surface area contributed by atoms with Crippen molar-refractivity contribution in [2.24, 2.45) is 0 Å². The number of ether oxygens (including phenoxy) is 2. The molecule has 0 N–H and O–H groups in total. The number of carbonyl (C=O) groups excluding carboxylic acids is 1. The van der Waals surface area contributed by atoms with Gasteiger partial charge < -0.3 is 19.3 Å². The van der Waals surface area contributed by atoms with Crippen LogP contribution in [0.15, 0.2) is 36.4 Å². The lowest BCUT2D eigenvalue weighted by molar-refractivity contribution is 0.0218. The number of aromatic nitrogens is 1. The smallest absolute Gasteiger partial charge is 0.410 e. The molecule has 1 aromatic carbocycles. The molecule has 1 aliphatic heterocycles. The molecular formula is C23H27FN4O3. The lowest BCUT2D eigenvalue weighted by Gasteiger charge is -2.40. The van der Waals surface area contributed by atoms with Crippen molar-refractivity contribution >= 4 is 11.9 Å². The monoisotopic (exact) mass is 426 g/mol. The van der Waals surface area contributed by atoms with Crippen molar-refractivity contribution in [2.75, 3.05) is 24.5 Å². The molecule has 0 radical (unpaired) electrons. The van der Waals surface area contributed by atoms with Gasteiger partial charge in [-0.2, -0.15) is 10.2 Å². The van der Waals surface area contributed by atoms with Crippen LogP contribution in [-0.2, 0) is 11.3 Å². The van der Waals surface area contributed by atoms with E-state index < -0.39 is 11.4 Å². The molecule has 0 spiro atoms. The number of pyridine rings is 1. The van der Waals surface area contributed by atoms with E-state index in [9.17, 15) is 9.18 Å². The minimum atomic E-state index is -0.529. The Hall–Kier alpha value is -3.34. The Morgan fingerprint density at radius 1 is 1.29 bits per heavy atom. The van der Waals surface area contributed by atoms with Crippen molar-refractivity contribution in [3.05, 3.63) is 53.3 Å². The van der Waals surface area contributed by atoms with Gasteiger partial charge in [0.05, 0.1) is 11.6 Å². The van der Waals surface area contributed by atoms with Crippen molar-refractivity contribution in [3.63, 3.8) is 0 Å². The van der Waals surface area contributed by atoms with Crippen LogP contribution in [-0.4, -0.2) is 47.3 Å². The number of rotatable bonds is 4. The number of carbonyl (C=O) groups is 1. The maximum atomic E-state index is 14.1. The van der Waals surface area contributed by atoms with Gasteiger partial charge in [0, 0.05) is 37.3 Å². The summed E-state index contributed by atoms with van der Waals surface area (Å²) in [6.07, 6.45) is -0.312. The molecule has 164 valence electrons. The Bertz CT molecular complexity index is 984. The van der Waals surface area contributed by atoms with Crippen molar-refractivity contribution in [2.45, 2.75) is 45.9 Å². The normalized spacial score (nSPS) is 16.6. The van der Waals surface area contributed by atoms with Gasteiger partial charge in [-0.15, -0.1) is 0 Å². The lowest BCUT2D eigenvalue weighted by Crippen LogP contribution is -2.54. The molecule has 0 bridgehead atoms. The van der Waals surface area contributed by atoms with Gasteiger partial charge in [-0.1, -0.05) is 12.1 Å². The van der Waals surface area contributed by atoms with Gasteiger partial charge >= 0.3 is 6.09 Å². The molecule has 1 aliphatic rings. The van der Waals surface area contributed by atoms with Crippen LogP contribution in [0.1, 0.15) is 38.8 Å². The number of nitrogens with zero attached hydrogens (tertiary/aromatic N) is 4.